The molecule has 3 saturated carbocycles. The Hall–Kier alpha value is -0.850. The molecular weight excluding hydrogens is 364 g/mol. The lowest BCUT2D eigenvalue weighted by molar-refractivity contribution is -0.117. The van der Waals surface area contributed by atoms with Gasteiger partial charge in [-0.15, -0.1) is 0 Å². The third-order valence-corrected chi connectivity index (χ3v) is 10.7. The third-order valence-electron chi connectivity index (χ3n) is 10.7. The Kier molecular flexibility index (Phi) is 6.15. The summed E-state index contributed by atoms with van der Waals surface area (Å²) in [5, 5.41) is 0. The van der Waals surface area contributed by atoms with Crippen LogP contribution < -0.4 is 0 Å². The summed E-state index contributed by atoms with van der Waals surface area (Å²) in [7, 11) is 0. The molecular formula is C29H46O. The minimum absolute atomic E-state index is 0.313. The van der Waals surface area contributed by atoms with Gasteiger partial charge >= 0.3 is 0 Å². The predicted octanol–water partition coefficient (Wildman–Crippen LogP) is 8.01. The van der Waals surface area contributed by atoms with Crippen molar-refractivity contribution >= 4 is 5.78 Å². The Morgan fingerprint density at radius 2 is 1.77 bits per heavy atom. The van der Waals surface area contributed by atoms with Crippen LogP contribution in [0.15, 0.2) is 23.8 Å². The van der Waals surface area contributed by atoms with Gasteiger partial charge in [-0.2, -0.15) is 0 Å². The smallest absolute Gasteiger partial charge is 0.155 e. The van der Waals surface area contributed by atoms with Crippen LogP contribution in [0.1, 0.15) is 99.3 Å². The molecule has 0 aromatic carbocycles. The highest BCUT2D eigenvalue weighted by atomic mass is 16.1. The molecule has 1 nitrogen and oxygen atoms in total. The van der Waals surface area contributed by atoms with Crippen molar-refractivity contribution in [1.82, 2.24) is 0 Å². The van der Waals surface area contributed by atoms with Crippen molar-refractivity contribution in [2.45, 2.75) is 99.3 Å². The molecule has 168 valence electrons. The summed E-state index contributed by atoms with van der Waals surface area (Å²) < 4.78 is 0. The van der Waals surface area contributed by atoms with Gasteiger partial charge in [0.05, 0.1) is 0 Å². The second-order valence-corrected chi connectivity index (χ2v) is 12.3. The van der Waals surface area contributed by atoms with E-state index in [2.05, 4.69) is 59.8 Å². The lowest BCUT2D eigenvalue weighted by Crippen LogP contribution is -2.50. The van der Waals surface area contributed by atoms with Gasteiger partial charge in [-0.05, 0) is 110 Å². The molecule has 30 heavy (non-hydrogen) atoms. The quantitative estimate of drug-likeness (QED) is 0.419. The lowest BCUT2D eigenvalue weighted by Gasteiger charge is -2.58. The maximum absolute atomic E-state index is 12.1. The fourth-order valence-corrected chi connectivity index (χ4v) is 8.75. The number of allylic oxidation sites excluding steroid dienone is 3. The van der Waals surface area contributed by atoms with E-state index < -0.39 is 0 Å². The Bertz CT molecular complexity index is 714. The second kappa shape index (κ2) is 8.25. The molecule has 0 unspecified atom stereocenters. The van der Waals surface area contributed by atoms with E-state index in [1.165, 1.54) is 50.5 Å². The van der Waals surface area contributed by atoms with Crippen LogP contribution in [0.5, 0.6) is 0 Å². The van der Waals surface area contributed by atoms with Crippen molar-refractivity contribution in [3.05, 3.63) is 23.8 Å². The van der Waals surface area contributed by atoms with Crippen molar-refractivity contribution in [3.8, 4) is 0 Å². The van der Waals surface area contributed by atoms with E-state index in [0.717, 1.165) is 48.3 Å². The van der Waals surface area contributed by atoms with Gasteiger partial charge in [0.2, 0.25) is 0 Å². The van der Waals surface area contributed by atoms with E-state index in [4.69, 9.17) is 0 Å². The molecule has 0 aliphatic heterocycles. The Morgan fingerprint density at radius 1 is 1.00 bits per heavy atom. The Labute approximate surface area is 186 Å². The zero-order chi connectivity index (χ0) is 21.7. The number of hydrogen-bond donors (Lipinski definition) is 0. The van der Waals surface area contributed by atoms with Crippen molar-refractivity contribution in [3.63, 3.8) is 0 Å². The van der Waals surface area contributed by atoms with Crippen LogP contribution in [0, 0.1) is 52.3 Å². The summed E-state index contributed by atoms with van der Waals surface area (Å²) in [6, 6.07) is 0. The van der Waals surface area contributed by atoms with E-state index in [-0.39, 0.29) is 0 Å². The van der Waals surface area contributed by atoms with E-state index in [1.54, 1.807) is 0 Å². The second-order valence-electron chi connectivity index (χ2n) is 12.3. The summed E-state index contributed by atoms with van der Waals surface area (Å²) in [5.41, 5.74) is 2.34. The lowest BCUT2D eigenvalue weighted by atomic mass is 9.46. The number of fused-ring (bicyclic) bond motifs is 5. The van der Waals surface area contributed by atoms with Crippen molar-refractivity contribution in [2.75, 3.05) is 0 Å². The highest BCUT2D eigenvalue weighted by Crippen LogP contribution is 2.67. The van der Waals surface area contributed by atoms with Gasteiger partial charge in [-0.1, -0.05) is 59.3 Å². The maximum atomic E-state index is 12.1. The average Bonchev–Trinajstić information content (AvgIpc) is 3.06. The monoisotopic (exact) mass is 410 g/mol. The summed E-state index contributed by atoms with van der Waals surface area (Å²) in [6.07, 6.45) is 18.5. The van der Waals surface area contributed by atoms with E-state index in [9.17, 15) is 4.79 Å². The highest BCUT2D eigenvalue weighted by molar-refractivity contribution is 5.91. The molecule has 3 fully saturated rings. The summed E-state index contributed by atoms with van der Waals surface area (Å²) in [6.45, 7) is 14.7. The van der Waals surface area contributed by atoms with Gasteiger partial charge in [0.15, 0.2) is 5.78 Å². The first-order valence-corrected chi connectivity index (χ1v) is 13.1. The SMILES string of the molecule is CC[C@H](/C=C/[C@@H](C)[C@H]1CC[C@@H]2[C@H]3CCC4=CC(=O)CC[C@]4(C)[C@@H]3CC[C@@]21C)C(C)C. The topological polar surface area (TPSA) is 17.1 Å². The third kappa shape index (κ3) is 3.57. The van der Waals surface area contributed by atoms with Gasteiger partial charge < -0.3 is 0 Å². The molecule has 0 aromatic heterocycles. The number of rotatable bonds is 5. The standard InChI is InChI=1S/C29H46O/c1-7-21(19(2)3)9-8-20(4)25-12-13-26-24-11-10-22-18-23(30)14-16-28(22,5)27(24)15-17-29(25,26)6/h8-9,18-21,24-27H,7,10-17H2,1-6H3/b9-8+/t20-,21-,24-,25-,26-,27-,28+,29-/m1/s1. The van der Waals surface area contributed by atoms with E-state index >= 15 is 0 Å². The maximum Gasteiger partial charge on any atom is 0.155 e. The molecule has 0 aromatic rings. The average molecular weight is 411 g/mol. The minimum Gasteiger partial charge on any atom is -0.295 e. The Balaban J connectivity index is 1.52. The summed E-state index contributed by atoms with van der Waals surface area (Å²) in [5.74, 6) is 6.01. The zero-order valence-corrected chi connectivity index (χ0v) is 20.5. The largest absolute Gasteiger partial charge is 0.295 e. The van der Waals surface area contributed by atoms with Gasteiger partial charge in [-0.3, -0.25) is 4.79 Å². The molecule has 0 amide bonds. The van der Waals surface area contributed by atoms with Crippen molar-refractivity contribution in [1.29, 1.82) is 0 Å². The fourth-order valence-electron chi connectivity index (χ4n) is 8.75. The highest BCUT2D eigenvalue weighted by Gasteiger charge is 2.59. The normalized spacial score (nSPS) is 43.2. The number of carbonyl (C=O) groups is 1. The molecule has 0 N–H and O–H groups in total. The van der Waals surface area contributed by atoms with Crippen LogP contribution >= 0.6 is 0 Å². The van der Waals surface area contributed by atoms with Crippen molar-refractivity contribution in [2.24, 2.45) is 52.3 Å². The molecule has 4 aliphatic rings. The van der Waals surface area contributed by atoms with Crippen molar-refractivity contribution < 1.29 is 4.79 Å². The van der Waals surface area contributed by atoms with Crippen LogP contribution in [-0.4, -0.2) is 5.78 Å². The summed E-state index contributed by atoms with van der Waals surface area (Å²) >= 11 is 0. The van der Waals surface area contributed by atoms with Gasteiger partial charge in [0.1, 0.15) is 0 Å². The van der Waals surface area contributed by atoms with Crippen LogP contribution in [0.2, 0.25) is 0 Å². The van der Waals surface area contributed by atoms with E-state index in [1.807, 2.05) is 0 Å². The molecule has 0 radical (unpaired) electrons. The van der Waals surface area contributed by atoms with Gasteiger partial charge in [-0.25, -0.2) is 0 Å². The molecule has 0 bridgehead atoms. The first kappa shape index (κ1) is 22.3. The van der Waals surface area contributed by atoms with Crippen LogP contribution in [0.3, 0.4) is 0 Å². The number of hydrogen-bond acceptors (Lipinski definition) is 1. The first-order valence-electron chi connectivity index (χ1n) is 13.1. The Morgan fingerprint density at radius 3 is 2.47 bits per heavy atom. The molecule has 0 saturated heterocycles. The number of ketones is 1. The predicted molar refractivity (Wildman–Crippen MR) is 127 cm³/mol. The van der Waals surface area contributed by atoms with Crippen LogP contribution in [-0.2, 0) is 4.79 Å². The molecule has 0 heterocycles. The van der Waals surface area contributed by atoms with Crippen LogP contribution in [0.4, 0.5) is 0 Å². The van der Waals surface area contributed by atoms with Gasteiger partial charge in [0.25, 0.3) is 0 Å². The minimum atomic E-state index is 0.313. The first-order chi connectivity index (χ1) is 14.2. The molecule has 1 heteroatoms. The van der Waals surface area contributed by atoms with Gasteiger partial charge in [0, 0.05) is 6.42 Å². The fraction of sp³-hybridized carbons (Fsp3) is 0.828. The van der Waals surface area contributed by atoms with E-state index in [0.29, 0.717) is 22.5 Å². The van der Waals surface area contributed by atoms with Crippen LogP contribution in [0.25, 0.3) is 0 Å². The summed E-state index contributed by atoms with van der Waals surface area (Å²) in [4.78, 5) is 12.1. The zero-order valence-electron chi connectivity index (χ0n) is 20.5. The molecule has 8 atom stereocenters. The molecule has 4 rings (SSSR count). The number of carbonyl (C=O) groups excluding carboxylic acids is 1. The molecule has 4 aliphatic carbocycles. The molecule has 0 spiro atoms.